The predicted molar refractivity (Wildman–Crippen MR) is 81.0 cm³/mol. The van der Waals surface area contributed by atoms with E-state index in [1.165, 1.54) is 0 Å². The smallest absolute Gasteiger partial charge is 0.139 e. The lowest BCUT2D eigenvalue weighted by Crippen LogP contribution is -2.06. The summed E-state index contributed by atoms with van der Waals surface area (Å²) in [6, 6.07) is 3.94. The van der Waals surface area contributed by atoms with E-state index in [0.29, 0.717) is 5.75 Å². The van der Waals surface area contributed by atoms with Crippen molar-refractivity contribution in [3.8, 4) is 17.1 Å². The van der Waals surface area contributed by atoms with Crippen LogP contribution in [0.5, 0.6) is 5.75 Å². The highest BCUT2D eigenvalue weighted by molar-refractivity contribution is 5.61. The number of imidazole rings is 2. The van der Waals surface area contributed by atoms with E-state index >= 15 is 0 Å². The summed E-state index contributed by atoms with van der Waals surface area (Å²) in [4.78, 5) is 8.50. The molecular weight excluding hydrogens is 264 g/mol. The van der Waals surface area contributed by atoms with E-state index in [1.807, 2.05) is 49.3 Å². The first-order valence-corrected chi connectivity index (χ1v) is 6.92. The van der Waals surface area contributed by atoms with Crippen LogP contribution < -0.4 is 0 Å². The number of aryl methyl sites for hydroxylation is 4. The maximum atomic E-state index is 9.89. The zero-order chi connectivity index (χ0) is 14.8. The van der Waals surface area contributed by atoms with Crippen molar-refractivity contribution in [1.29, 1.82) is 0 Å². The third-order valence-corrected chi connectivity index (χ3v) is 3.62. The summed E-state index contributed by atoms with van der Waals surface area (Å²) in [7, 11) is 0. The SMILES string of the molecule is Cc1cc(-c2nccn2CCn2ccnc2)cc(C)c1O. The average Bonchev–Trinajstić information content (AvgIpc) is 3.12. The summed E-state index contributed by atoms with van der Waals surface area (Å²) in [6.45, 7) is 5.49. The molecule has 1 N–H and O–H groups in total. The summed E-state index contributed by atoms with van der Waals surface area (Å²) < 4.78 is 4.16. The van der Waals surface area contributed by atoms with Gasteiger partial charge in [0.1, 0.15) is 11.6 Å². The number of aromatic hydroxyl groups is 1. The molecule has 5 nitrogen and oxygen atoms in total. The van der Waals surface area contributed by atoms with Crippen molar-refractivity contribution in [3.63, 3.8) is 0 Å². The molecule has 1 aromatic carbocycles. The minimum Gasteiger partial charge on any atom is -0.507 e. The van der Waals surface area contributed by atoms with Crippen LogP contribution in [0.2, 0.25) is 0 Å². The fourth-order valence-electron chi connectivity index (χ4n) is 2.48. The zero-order valence-corrected chi connectivity index (χ0v) is 12.2. The van der Waals surface area contributed by atoms with Gasteiger partial charge in [-0.15, -0.1) is 0 Å². The van der Waals surface area contributed by atoms with E-state index in [9.17, 15) is 5.11 Å². The van der Waals surface area contributed by atoms with Crippen LogP contribution in [-0.2, 0) is 13.1 Å². The molecule has 0 atom stereocenters. The molecule has 3 rings (SSSR count). The highest BCUT2D eigenvalue weighted by Gasteiger charge is 2.10. The second-order valence-electron chi connectivity index (χ2n) is 5.20. The van der Waals surface area contributed by atoms with Crippen LogP contribution in [0.15, 0.2) is 43.2 Å². The van der Waals surface area contributed by atoms with E-state index in [1.54, 1.807) is 12.4 Å². The van der Waals surface area contributed by atoms with Crippen LogP contribution in [0.25, 0.3) is 11.4 Å². The largest absolute Gasteiger partial charge is 0.507 e. The average molecular weight is 282 g/mol. The number of hydrogen-bond donors (Lipinski definition) is 1. The van der Waals surface area contributed by atoms with Crippen molar-refractivity contribution in [2.45, 2.75) is 26.9 Å². The standard InChI is InChI=1S/C16H18N4O/c1-12-9-14(10-13(2)15(12)21)16-18-4-6-20(16)8-7-19-5-3-17-11-19/h3-6,9-11,21H,7-8H2,1-2H3. The molecule has 0 unspecified atom stereocenters. The van der Waals surface area contributed by atoms with Crippen molar-refractivity contribution < 1.29 is 5.11 Å². The van der Waals surface area contributed by atoms with Gasteiger partial charge in [-0.05, 0) is 37.1 Å². The number of nitrogens with zero attached hydrogens (tertiary/aromatic N) is 4. The van der Waals surface area contributed by atoms with Gasteiger partial charge >= 0.3 is 0 Å². The Labute approximate surface area is 123 Å². The first kappa shape index (κ1) is 13.4. The summed E-state index contributed by atoms with van der Waals surface area (Å²) in [6.07, 6.45) is 9.32. The van der Waals surface area contributed by atoms with Gasteiger partial charge in [-0.3, -0.25) is 0 Å². The van der Waals surface area contributed by atoms with Gasteiger partial charge in [0, 0.05) is 43.4 Å². The number of hydrogen-bond acceptors (Lipinski definition) is 3. The Bertz CT molecular complexity index is 720. The fourth-order valence-corrected chi connectivity index (χ4v) is 2.48. The lowest BCUT2D eigenvalue weighted by Gasteiger charge is -2.11. The highest BCUT2D eigenvalue weighted by atomic mass is 16.3. The number of rotatable bonds is 4. The molecule has 0 radical (unpaired) electrons. The van der Waals surface area contributed by atoms with Gasteiger partial charge in [-0.25, -0.2) is 9.97 Å². The Morgan fingerprint density at radius 3 is 2.48 bits per heavy atom. The molecule has 2 aromatic heterocycles. The van der Waals surface area contributed by atoms with Crippen LogP contribution in [-0.4, -0.2) is 24.2 Å². The normalized spacial score (nSPS) is 11.0. The molecule has 108 valence electrons. The molecule has 0 bridgehead atoms. The Hall–Kier alpha value is -2.56. The van der Waals surface area contributed by atoms with Crippen molar-refractivity contribution in [2.75, 3.05) is 0 Å². The lowest BCUT2D eigenvalue weighted by molar-refractivity contribution is 0.467. The Morgan fingerprint density at radius 2 is 1.81 bits per heavy atom. The number of aromatic nitrogens is 4. The fraction of sp³-hybridized carbons (Fsp3) is 0.250. The van der Waals surface area contributed by atoms with Crippen LogP contribution in [0, 0.1) is 13.8 Å². The summed E-state index contributed by atoms with van der Waals surface area (Å²) in [5, 5.41) is 9.89. The van der Waals surface area contributed by atoms with Crippen molar-refractivity contribution >= 4 is 0 Å². The maximum absolute atomic E-state index is 9.89. The summed E-state index contributed by atoms with van der Waals surface area (Å²) in [5.74, 6) is 1.27. The van der Waals surface area contributed by atoms with Crippen LogP contribution in [0.4, 0.5) is 0 Å². The van der Waals surface area contributed by atoms with E-state index in [4.69, 9.17) is 0 Å². The van der Waals surface area contributed by atoms with E-state index in [2.05, 4.69) is 14.5 Å². The molecule has 3 aromatic rings. The summed E-state index contributed by atoms with van der Waals surface area (Å²) >= 11 is 0. The molecule has 5 heteroatoms. The van der Waals surface area contributed by atoms with Crippen molar-refractivity contribution in [3.05, 3.63) is 54.4 Å². The molecular formula is C16H18N4O. The first-order valence-electron chi connectivity index (χ1n) is 6.92. The molecule has 0 spiro atoms. The molecule has 0 amide bonds. The summed E-state index contributed by atoms with van der Waals surface area (Å²) in [5.41, 5.74) is 2.77. The Kier molecular flexibility index (Phi) is 3.48. The van der Waals surface area contributed by atoms with Gasteiger partial charge in [0.25, 0.3) is 0 Å². The first-order chi connectivity index (χ1) is 10.1. The molecule has 0 saturated heterocycles. The van der Waals surface area contributed by atoms with Crippen LogP contribution in [0.1, 0.15) is 11.1 Å². The number of phenols is 1. The van der Waals surface area contributed by atoms with Crippen molar-refractivity contribution in [2.24, 2.45) is 0 Å². The van der Waals surface area contributed by atoms with E-state index < -0.39 is 0 Å². The lowest BCUT2D eigenvalue weighted by atomic mass is 10.1. The number of phenolic OH excluding ortho intramolecular Hbond substituents is 1. The van der Waals surface area contributed by atoms with Gasteiger partial charge in [0.15, 0.2) is 0 Å². The Morgan fingerprint density at radius 1 is 1.05 bits per heavy atom. The number of benzene rings is 1. The van der Waals surface area contributed by atoms with Gasteiger partial charge < -0.3 is 14.2 Å². The van der Waals surface area contributed by atoms with E-state index in [0.717, 1.165) is 35.6 Å². The maximum Gasteiger partial charge on any atom is 0.139 e. The molecule has 0 saturated carbocycles. The third kappa shape index (κ3) is 2.67. The molecule has 21 heavy (non-hydrogen) atoms. The third-order valence-electron chi connectivity index (χ3n) is 3.62. The Balaban J connectivity index is 1.88. The minimum atomic E-state index is 0.357. The molecule has 0 aliphatic rings. The van der Waals surface area contributed by atoms with Crippen LogP contribution >= 0.6 is 0 Å². The molecule has 0 aliphatic heterocycles. The van der Waals surface area contributed by atoms with Crippen molar-refractivity contribution in [1.82, 2.24) is 19.1 Å². The predicted octanol–water partition coefficient (Wildman–Crippen LogP) is 2.77. The van der Waals surface area contributed by atoms with Gasteiger partial charge in [-0.2, -0.15) is 0 Å². The zero-order valence-electron chi connectivity index (χ0n) is 12.2. The van der Waals surface area contributed by atoms with Gasteiger partial charge in [0.05, 0.1) is 6.33 Å². The monoisotopic (exact) mass is 282 g/mol. The van der Waals surface area contributed by atoms with E-state index in [-0.39, 0.29) is 0 Å². The quantitative estimate of drug-likeness (QED) is 0.800. The van der Waals surface area contributed by atoms with Crippen LogP contribution in [0.3, 0.4) is 0 Å². The highest BCUT2D eigenvalue weighted by Crippen LogP contribution is 2.28. The molecule has 0 fully saturated rings. The van der Waals surface area contributed by atoms with Gasteiger partial charge in [-0.1, -0.05) is 0 Å². The second kappa shape index (κ2) is 5.44. The minimum absolute atomic E-state index is 0.357. The topological polar surface area (TPSA) is 55.9 Å². The molecule has 2 heterocycles. The second-order valence-corrected chi connectivity index (χ2v) is 5.20. The van der Waals surface area contributed by atoms with Gasteiger partial charge in [0.2, 0.25) is 0 Å². The molecule has 0 aliphatic carbocycles.